The van der Waals surface area contributed by atoms with Gasteiger partial charge in [0.05, 0.1) is 15.5 Å². The van der Waals surface area contributed by atoms with Crippen molar-refractivity contribution in [3.63, 3.8) is 0 Å². The zero-order valence-electron chi connectivity index (χ0n) is 14.4. The Morgan fingerprint density at radius 2 is 1.89 bits per heavy atom. The van der Waals surface area contributed by atoms with E-state index in [1.165, 1.54) is 16.9 Å². The number of nitrogens with one attached hydrogen (secondary N) is 1. The van der Waals surface area contributed by atoms with Crippen LogP contribution >= 0.6 is 22.9 Å². The summed E-state index contributed by atoms with van der Waals surface area (Å²) >= 11 is 7.56. The van der Waals surface area contributed by atoms with Gasteiger partial charge in [-0.25, -0.2) is 0 Å². The van der Waals surface area contributed by atoms with Gasteiger partial charge in [-0.15, -0.1) is 11.3 Å². The standard InChI is InChI=1S/C21H17ClN2O2S/c22-18-5-2-1-4-17(18)20(25)23-16-8-7-14-9-10-24(13-15(14)12-16)21(26)19-6-3-11-27-19/h1-8,11-12H,9-10,13H2,(H,23,25). The van der Waals surface area contributed by atoms with Crippen molar-refractivity contribution in [1.82, 2.24) is 4.90 Å². The lowest BCUT2D eigenvalue weighted by atomic mass is 9.98. The van der Waals surface area contributed by atoms with Gasteiger partial charge >= 0.3 is 0 Å². The highest BCUT2D eigenvalue weighted by molar-refractivity contribution is 7.12. The lowest BCUT2D eigenvalue weighted by Gasteiger charge is -2.29. The summed E-state index contributed by atoms with van der Waals surface area (Å²) in [6.07, 6.45) is 0.811. The van der Waals surface area contributed by atoms with Crippen molar-refractivity contribution < 1.29 is 9.59 Å². The molecule has 0 bridgehead atoms. The first-order chi connectivity index (χ1) is 13.1. The average Bonchev–Trinajstić information content (AvgIpc) is 3.22. The molecular formula is C21H17ClN2O2S. The van der Waals surface area contributed by atoms with Gasteiger partial charge in [0.1, 0.15) is 0 Å². The molecule has 0 spiro atoms. The van der Waals surface area contributed by atoms with Crippen LogP contribution in [0.1, 0.15) is 31.2 Å². The minimum atomic E-state index is -0.247. The first-order valence-electron chi connectivity index (χ1n) is 8.62. The zero-order chi connectivity index (χ0) is 18.8. The summed E-state index contributed by atoms with van der Waals surface area (Å²) in [6.45, 7) is 1.25. The molecule has 0 atom stereocenters. The smallest absolute Gasteiger partial charge is 0.264 e. The van der Waals surface area contributed by atoms with Gasteiger partial charge in [0.2, 0.25) is 0 Å². The normalized spacial score (nSPS) is 13.1. The Labute approximate surface area is 166 Å². The predicted octanol–water partition coefficient (Wildman–Crippen LogP) is 4.85. The van der Waals surface area contributed by atoms with E-state index in [0.29, 0.717) is 29.4 Å². The van der Waals surface area contributed by atoms with Crippen LogP contribution in [-0.4, -0.2) is 23.3 Å². The lowest BCUT2D eigenvalue weighted by molar-refractivity contribution is 0.0739. The van der Waals surface area contributed by atoms with E-state index in [-0.39, 0.29) is 11.8 Å². The molecule has 2 amide bonds. The lowest BCUT2D eigenvalue weighted by Crippen LogP contribution is -2.35. The Hall–Kier alpha value is -2.63. The molecule has 136 valence electrons. The van der Waals surface area contributed by atoms with Crippen molar-refractivity contribution in [1.29, 1.82) is 0 Å². The van der Waals surface area contributed by atoms with E-state index < -0.39 is 0 Å². The van der Waals surface area contributed by atoms with Gasteiger partial charge in [0.15, 0.2) is 0 Å². The number of nitrogens with zero attached hydrogens (tertiary/aromatic N) is 1. The molecule has 27 heavy (non-hydrogen) atoms. The second-order valence-electron chi connectivity index (χ2n) is 6.37. The van der Waals surface area contributed by atoms with Crippen LogP contribution in [0, 0.1) is 0 Å². The SMILES string of the molecule is O=C(Nc1ccc2c(c1)CN(C(=O)c1cccs1)CC2)c1ccccc1Cl. The molecule has 0 aliphatic carbocycles. The number of fused-ring (bicyclic) bond motifs is 1. The third kappa shape index (κ3) is 3.75. The largest absolute Gasteiger partial charge is 0.333 e. The molecule has 2 heterocycles. The van der Waals surface area contributed by atoms with Gasteiger partial charge in [-0.3, -0.25) is 9.59 Å². The molecule has 1 aliphatic heterocycles. The van der Waals surface area contributed by atoms with E-state index in [1.54, 1.807) is 24.3 Å². The molecule has 0 unspecified atom stereocenters. The topological polar surface area (TPSA) is 49.4 Å². The fourth-order valence-electron chi connectivity index (χ4n) is 3.21. The molecule has 1 aliphatic rings. The van der Waals surface area contributed by atoms with Crippen molar-refractivity contribution in [2.75, 3.05) is 11.9 Å². The van der Waals surface area contributed by atoms with Crippen molar-refractivity contribution >= 4 is 40.4 Å². The summed E-state index contributed by atoms with van der Waals surface area (Å²) in [4.78, 5) is 27.7. The van der Waals surface area contributed by atoms with Crippen LogP contribution in [0.5, 0.6) is 0 Å². The Morgan fingerprint density at radius 1 is 1.04 bits per heavy atom. The first kappa shape index (κ1) is 17.8. The summed E-state index contributed by atoms with van der Waals surface area (Å²) < 4.78 is 0. The van der Waals surface area contributed by atoms with E-state index >= 15 is 0 Å². The molecule has 0 radical (unpaired) electrons. The van der Waals surface area contributed by atoms with Gasteiger partial charge in [-0.05, 0) is 53.3 Å². The van der Waals surface area contributed by atoms with Gasteiger partial charge < -0.3 is 10.2 Å². The monoisotopic (exact) mass is 396 g/mol. The molecule has 2 aromatic carbocycles. The van der Waals surface area contributed by atoms with Crippen molar-refractivity contribution in [3.05, 3.63) is 86.6 Å². The summed E-state index contributed by atoms with van der Waals surface area (Å²) in [5.41, 5.74) is 3.40. The van der Waals surface area contributed by atoms with E-state index in [9.17, 15) is 9.59 Å². The van der Waals surface area contributed by atoms with Gasteiger partial charge in [0, 0.05) is 18.8 Å². The molecule has 3 aromatic rings. The van der Waals surface area contributed by atoms with E-state index in [4.69, 9.17) is 11.6 Å². The number of thiophene rings is 1. The number of anilines is 1. The summed E-state index contributed by atoms with van der Waals surface area (Å²) in [5.74, 6) is -0.191. The molecule has 1 N–H and O–H groups in total. The third-order valence-electron chi connectivity index (χ3n) is 4.61. The summed E-state index contributed by atoms with van der Waals surface area (Å²) in [5, 5.41) is 5.22. The van der Waals surface area contributed by atoms with Gasteiger partial charge in [0.25, 0.3) is 11.8 Å². The zero-order valence-corrected chi connectivity index (χ0v) is 16.0. The number of hydrogen-bond donors (Lipinski definition) is 1. The minimum Gasteiger partial charge on any atom is -0.333 e. The molecule has 4 nitrogen and oxygen atoms in total. The fourth-order valence-corrected chi connectivity index (χ4v) is 4.12. The van der Waals surface area contributed by atoms with Crippen LogP contribution < -0.4 is 5.32 Å². The van der Waals surface area contributed by atoms with Crippen LogP contribution in [-0.2, 0) is 13.0 Å². The maximum absolute atomic E-state index is 12.6. The Balaban J connectivity index is 1.52. The van der Waals surface area contributed by atoms with Crippen molar-refractivity contribution in [2.45, 2.75) is 13.0 Å². The molecule has 1 aromatic heterocycles. The highest BCUT2D eigenvalue weighted by Crippen LogP contribution is 2.25. The first-order valence-corrected chi connectivity index (χ1v) is 9.88. The van der Waals surface area contributed by atoms with Crippen LogP contribution in [0.2, 0.25) is 5.02 Å². The Bertz CT molecular complexity index is 1000. The molecule has 0 saturated carbocycles. The number of carbonyl (C=O) groups is 2. The maximum atomic E-state index is 12.6. The molecule has 6 heteroatoms. The van der Waals surface area contributed by atoms with Crippen molar-refractivity contribution in [3.8, 4) is 0 Å². The summed E-state index contributed by atoms with van der Waals surface area (Å²) in [7, 11) is 0. The number of carbonyl (C=O) groups excluding carboxylic acids is 2. The number of halogens is 1. The minimum absolute atomic E-state index is 0.0566. The second-order valence-corrected chi connectivity index (χ2v) is 7.73. The van der Waals surface area contributed by atoms with Crippen LogP contribution in [0.3, 0.4) is 0 Å². The van der Waals surface area contributed by atoms with Crippen LogP contribution in [0.25, 0.3) is 0 Å². The molecule has 0 fully saturated rings. The highest BCUT2D eigenvalue weighted by atomic mass is 35.5. The number of rotatable bonds is 3. The Morgan fingerprint density at radius 3 is 2.67 bits per heavy atom. The number of amides is 2. The summed E-state index contributed by atoms with van der Waals surface area (Å²) in [6, 6.07) is 16.5. The second kappa shape index (κ2) is 7.55. The maximum Gasteiger partial charge on any atom is 0.264 e. The molecule has 0 saturated heterocycles. The number of hydrogen-bond acceptors (Lipinski definition) is 3. The van der Waals surface area contributed by atoms with Gasteiger partial charge in [-0.1, -0.05) is 35.9 Å². The predicted molar refractivity (Wildman–Crippen MR) is 109 cm³/mol. The van der Waals surface area contributed by atoms with E-state index in [0.717, 1.165) is 16.9 Å². The third-order valence-corrected chi connectivity index (χ3v) is 5.80. The average molecular weight is 397 g/mol. The van der Waals surface area contributed by atoms with Crippen LogP contribution in [0.15, 0.2) is 60.0 Å². The van der Waals surface area contributed by atoms with Crippen molar-refractivity contribution in [2.24, 2.45) is 0 Å². The molecule has 4 rings (SSSR count). The number of benzene rings is 2. The Kier molecular flexibility index (Phi) is 4.97. The van der Waals surface area contributed by atoms with Gasteiger partial charge in [-0.2, -0.15) is 0 Å². The van der Waals surface area contributed by atoms with Crippen LogP contribution in [0.4, 0.5) is 5.69 Å². The highest BCUT2D eigenvalue weighted by Gasteiger charge is 2.23. The fraction of sp³-hybridized carbons (Fsp3) is 0.143. The van der Waals surface area contributed by atoms with E-state index in [1.807, 2.05) is 40.6 Å². The molecular weight excluding hydrogens is 380 g/mol. The van der Waals surface area contributed by atoms with E-state index in [2.05, 4.69) is 5.32 Å². The quantitative estimate of drug-likeness (QED) is 0.687.